The summed E-state index contributed by atoms with van der Waals surface area (Å²) >= 11 is 5.88. The molecule has 2 rings (SSSR count). The molecule has 0 radical (unpaired) electrons. The number of aromatic nitrogens is 2. The minimum absolute atomic E-state index is 0.0161. The van der Waals surface area contributed by atoms with Crippen LogP contribution >= 0.6 is 11.6 Å². The van der Waals surface area contributed by atoms with Crippen molar-refractivity contribution in [1.82, 2.24) is 14.5 Å². The lowest BCUT2D eigenvalue weighted by molar-refractivity contribution is -0.141. The van der Waals surface area contributed by atoms with Crippen molar-refractivity contribution in [2.75, 3.05) is 12.3 Å². The number of rotatable bonds is 9. The van der Waals surface area contributed by atoms with Crippen LogP contribution in [0.3, 0.4) is 0 Å². The lowest BCUT2D eigenvalue weighted by Crippen LogP contribution is -2.28. The van der Waals surface area contributed by atoms with Gasteiger partial charge in [-0.3, -0.25) is 4.68 Å². The molecule has 0 spiro atoms. The van der Waals surface area contributed by atoms with Crippen molar-refractivity contribution in [3.8, 4) is 0 Å². The van der Waals surface area contributed by atoms with Gasteiger partial charge in [0.25, 0.3) is 0 Å². The Morgan fingerprint density at radius 3 is 2.54 bits per heavy atom. The molecule has 0 amide bonds. The first-order valence-corrected chi connectivity index (χ1v) is 9.99. The van der Waals surface area contributed by atoms with Gasteiger partial charge in [-0.2, -0.15) is 18.3 Å². The maximum Gasteiger partial charge on any atom is 0.436 e. The number of aryl methyl sites for hydroxylation is 1. The zero-order chi connectivity index (χ0) is 18.0. The second-order valence-electron chi connectivity index (χ2n) is 5.96. The highest BCUT2D eigenvalue weighted by Gasteiger charge is 2.41. The van der Waals surface area contributed by atoms with Crippen LogP contribution in [-0.2, 0) is 22.7 Å². The summed E-state index contributed by atoms with van der Waals surface area (Å²) in [6.45, 7) is 2.25. The maximum absolute atomic E-state index is 12.9. The van der Waals surface area contributed by atoms with E-state index in [2.05, 4.69) is 9.82 Å². The molecule has 0 aromatic carbocycles. The first-order valence-electron chi connectivity index (χ1n) is 7.96. The largest absolute Gasteiger partial charge is 0.436 e. The fourth-order valence-electron chi connectivity index (χ4n) is 2.41. The number of alkyl halides is 3. The van der Waals surface area contributed by atoms with E-state index < -0.39 is 21.9 Å². The molecule has 10 heteroatoms. The molecule has 0 aliphatic heterocycles. The van der Waals surface area contributed by atoms with E-state index in [-0.39, 0.29) is 29.8 Å². The van der Waals surface area contributed by atoms with E-state index in [4.69, 9.17) is 11.6 Å². The number of hydrogen-bond donors (Lipinski definition) is 1. The third-order valence-electron chi connectivity index (χ3n) is 3.80. The molecule has 0 atom stereocenters. The minimum Gasteiger partial charge on any atom is -0.267 e. The minimum atomic E-state index is -4.59. The number of halogens is 4. The van der Waals surface area contributed by atoms with Gasteiger partial charge in [0.2, 0.25) is 10.0 Å². The van der Waals surface area contributed by atoms with Crippen LogP contribution < -0.4 is 4.72 Å². The van der Waals surface area contributed by atoms with Crippen LogP contribution in [0.5, 0.6) is 0 Å². The zero-order valence-corrected chi connectivity index (χ0v) is 14.9. The van der Waals surface area contributed by atoms with Gasteiger partial charge in [-0.25, -0.2) is 13.1 Å². The molecule has 1 aliphatic carbocycles. The Morgan fingerprint density at radius 1 is 1.33 bits per heavy atom. The van der Waals surface area contributed by atoms with Gasteiger partial charge in [0.15, 0.2) is 5.69 Å². The van der Waals surface area contributed by atoms with E-state index >= 15 is 0 Å². The molecule has 1 aromatic heterocycles. The van der Waals surface area contributed by atoms with Crippen molar-refractivity contribution >= 4 is 21.6 Å². The Morgan fingerprint density at radius 2 is 2.00 bits per heavy atom. The van der Waals surface area contributed by atoms with Crippen LogP contribution in [0, 0.1) is 0 Å². The molecule has 1 fully saturated rings. The Hall–Kier alpha value is -0.800. The highest BCUT2D eigenvalue weighted by molar-refractivity contribution is 7.89. The first-order chi connectivity index (χ1) is 11.2. The fraction of sp³-hybridized carbons (Fsp3) is 0.786. The molecule has 0 bridgehead atoms. The van der Waals surface area contributed by atoms with E-state index in [0.717, 1.165) is 19.3 Å². The van der Waals surface area contributed by atoms with Crippen LogP contribution in [0.2, 0.25) is 5.02 Å². The summed E-state index contributed by atoms with van der Waals surface area (Å²) in [6, 6.07) is 0. The molecule has 1 N–H and O–H groups in total. The van der Waals surface area contributed by atoms with E-state index in [1.165, 1.54) is 4.68 Å². The monoisotopic (exact) mass is 387 g/mol. The second kappa shape index (κ2) is 7.61. The third-order valence-corrected chi connectivity index (χ3v) is 5.64. The lowest BCUT2D eigenvalue weighted by atomic mass is 10.2. The van der Waals surface area contributed by atoms with Crippen molar-refractivity contribution in [3.63, 3.8) is 0 Å². The van der Waals surface area contributed by atoms with Gasteiger partial charge in [0.05, 0.1) is 16.5 Å². The highest BCUT2D eigenvalue weighted by Crippen LogP contribution is 2.46. The molecule has 5 nitrogen and oxygen atoms in total. The van der Waals surface area contributed by atoms with Crippen molar-refractivity contribution in [2.45, 2.75) is 57.7 Å². The molecule has 1 saturated carbocycles. The molecule has 138 valence electrons. The highest BCUT2D eigenvalue weighted by atomic mass is 35.5. The second-order valence-corrected chi connectivity index (χ2v) is 8.27. The average Bonchev–Trinajstić information content (AvgIpc) is 3.24. The van der Waals surface area contributed by atoms with E-state index in [1.54, 1.807) is 0 Å². The molecule has 0 saturated heterocycles. The molecule has 1 aromatic rings. The van der Waals surface area contributed by atoms with E-state index in [9.17, 15) is 21.6 Å². The van der Waals surface area contributed by atoms with Gasteiger partial charge in [-0.1, -0.05) is 24.9 Å². The number of nitrogens with zero attached hydrogens (tertiary/aromatic N) is 2. The number of hydrogen-bond acceptors (Lipinski definition) is 3. The summed E-state index contributed by atoms with van der Waals surface area (Å²) in [5.41, 5.74) is -0.646. The van der Waals surface area contributed by atoms with Crippen molar-refractivity contribution in [1.29, 1.82) is 0 Å². The van der Waals surface area contributed by atoms with Crippen molar-refractivity contribution in [2.24, 2.45) is 0 Å². The third kappa shape index (κ3) is 5.10. The standard InChI is InChI=1S/C14H21ClF3N3O2S/c1-2-3-9-24(22,23)19-7-4-8-21-12(10-5-6-10)11(15)13(20-21)14(16,17)18/h10,19H,2-9H2,1H3. The van der Waals surface area contributed by atoms with Crippen LogP contribution in [0.15, 0.2) is 0 Å². The van der Waals surface area contributed by atoms with Crippen LogP contribution in [0.25, 0.3) is 0 Å². The van der Waals surface area contributed by atoms with Crippen LogP contribution in [0.1, 0.15) is 56.3 Å². The molecule has 0 unspecified atom stereocenters. The maximum atomic E-state index is 12.9. The number of sulfonamides is 1. The quantitative estimate of drug-likeness (QED) is 0.659. The van der Waals surface area contributed by atoms with Crippen LogP contribution in [-0.4, -0.2) is 30.5 Å². The summed E-state index contributed by atoms with van der Waals surface area (Å²) in [7, 11) is -3.32. The summed E-state index contributed by atoms with van der Waals surface area (Å²) in [5, 5.41) is 3.28. The molecule has 1 heterocycles. The average molecular weight is 388 g/mol. The molecular weight excluding hydrogens is 367 g/mol. The van der Waals surface area contributed by atoms with Gasteiger partial charge >= 0.3 is 6.18 Å². The Kier molecular flexibility index (Phi) is 6.19. The van der Waals surface area contributed by atoms with E-state index in [0.29, 0.717) is 18.5 Å². The predicted octanol–water partition coefficient (Wildman–Crippen LogP) is 3.54. The summed E-state index contributed by atoms with van der Waals surface area (Å²) in [5.74, 6) is 0.0742. The first kappa shape index (κ1) is 19.5. The van der Waals surface area contributed by atoms with Crippen molar-refractivity contribution < 1.29 is 21.6 Å². The lowest BCUT2D eigenvalue weighted by Gasteiger charge is -2.08. The van der Waals surface area contributed by atoms with Crippen LogP contribution in [0.4, 0.5) is 13.2 Å². The Labute approximate surface area is 144 Å². The topological polar surface area (TPSA) is 64.0 Å². The Balaban J connectivity index is 1.98. The predicted molar refractivity (Wildman–Crippen MR) is 85.5 cm³/mol. The number of nitrogens with one attached hydrogen (secondary N) is 1. The summed E-state index contributed by atoms with van der Waals surface area (Å²) in [6.07, 6.45) is -1.30. The van der Waals surface area contributed by atoms with Gasteiger partial charge in [0.1, 0.15) is 0 Å². The fourth-order valence-corrected chi connectivity index (χ4v) is 4.08. The normalized spacial score (nSPS) is 15.9. The number of unbranched alkanes of at least 4 members (excludes halogenated alkanes) is 1. The van der Waals surface area contributed by atoms with Gasteiger partial charge in [-0.15, -0.1) is 0 Å². The molecule has 1 aliphatic rings. The van der Waals surface area contributed by atoms with Gasteiger partial charge in [-0.05, 0) is 25.7 Å². The Bertz CT molecular complexity index is 670. The van der Waals surface area contributed by atoms with Crippen molar-refractivity contribution in [3.05, 3.63) is 16.4 Å². The molecular formula is C14H21ClF3N3O2S. The van der Waals surface area contributed by atoms with Gasteiger partial charge < -0.3 is 0 Å². The molecule has 24 heavy (non-hydrogen) atoms. The van der Waals surface area contributed by atoms with Gasteiger partial charge in [0, 0.05) is 19.0 Å². The zero-order valence-electron chi connectivity index (χ0n) is 13.4. The summed E-state index contributed by atoms with van der Waals surface area (Å²) in [4.78, 5) is 0. The summed E-state index contributed by atoms with van der Waals surface area (Å²) < 4.78 is 65.9. The SMILES string of the molecule is CCCCS(=O)(=O)NCCCn1nc(C(F)(F)F)c(Cl)c1C1CC1. The van der Waals surface area contributed by atoms with E-state index in [1.807, 2.05) is 6.92 Å². The smallest absolute Gasteiger partial charge is 0.267 e.